The summed E-state index contributed by atoms with van der Waals surface area (Å²) in [6.07, 6.45) is 1.99. The lowest BCUT2D eigenvalue weighted by atomic mass is 10.2. The molecule has 0 atom stereocenters. The molecule has 0 aliphatic heterocycles. The monoisotopic (exact) mass is 171 g/mol. The first-order valence-electron chi connectivity index (χ1n) is 4.04. The summed E-state index contributed by atoms with van der Waals surface area (Å²) in [7, 11) is 0. The lowest BCUT2D eigenvalue weighted by molar-refractivity contribution is -0.148. The van der Waals surface area contributed by atoms with Gasteiger partial charge in [0.1, 0.15) is 5.60 Å². The highest BCUT2D eigenvalue weighted by Crippen LogP contribution is 2.07. The number of hydrogen-bond donors (Lipinski definition) is 1. The number of esters is 1. The fourth-order valence-electron chi connectivity index (χ4n) is 0.585. The fraction of sp³-hybridized carbons (Fsp3) is 0.667. The zero-order chi connectivity index (χ0) is 9.78. The summed E-state index contributed by atoms with van der Waals surface area (Å²) >= 11 is 0. The molecule has 0 amide bonds. The fourth-order valence-corrected chi connectivity index (χ4v) is 0.585. The molecule has 70 valence electrons. The smallest absolute Gasteiger partial charge is 0.333 e. The maximum atomic E-state index is 11.0. The van der Waals surface area contributed by atoms with Gasteiger partial charge in [-0.15, -0.1) is 0 Å². The van der Waals surface area contributed by atoms with Crippen LogP contribution in [0.5, 0.6) is 0 Å². The number of allylic oxidation sites excluding steroid dienone is 1. The Morgan fingerprint density at radius 2 is 2.00 bits per heavy atom. The predicted octanol–water partition coefficient (Wildman–Crippen LogP) is 1.58. The summed E-state index contributed by atoms with van der Waals surface area (Å²) in [5, 5.41) is 0. The number of ether oxygens (including phenoxy) is 1. The third-order valence-corrected chi connectivity index (χ3v) is 1.12. The Morgan fingerprint density at radius 3 is 2.33 bits per heavy atom. The summed E-state index contributed by atoms with van der Waals surface area (Å²) in [5.41, 5.74) is 5.56. The SMILES string of the molecule is CC/C(N)=C\C(=O)OC(C)(C)C. The lowest BCUT2D eigenvalue weighted by Crippen LogP contribution is -2.23. The summed E-state index contributed by atoms with van der Waals surface area (Å²) in [4.78, 5) is 11.0. The van der Waals surface area contributed by atoms with Gasteiger partial charge in [-0.2, -0.15) is 0 Å². The van der Waals surface area contributed by atoms with E-state index >= 15 is 0 Å². The number of rotatable bonds is 2. The van der Waals surface area contributed by atoms with Gasteiger partial charge in [0.2, 0.25) is 0 Å². The van der Waals surface area contributed by atoms with Crippen LogP contribution in [0.4, 0.5) is 0 Å². The van der Waals surface area contributed by atoms with Crippen molar-refractivity contribution in [3.8, 4) is 0 Å². The quantitative estimate of drug-likeness (QED) is 0.507. The summed E-state index contributed by atoms with van der Waals surface area (Å²) in [6.45, 7) is 7.35. The molecular formula is C9H17NO2. The van der Waals surface area contributed by atoms with Crippen molar-refractivity contribution < 1.29 is 9.53 Å². The second-order valence-corrected chi connectivity index (χ2v) is 3.61. The first-order chi connectivity index (χ1) is 5.35. The van der Waals surface area contributed by atoms with Gasteiger partial charge in [0.15, 0.2) is 0 Å². The normalized spacial score (nSPS) is 12.8. The van der Waals surface area contributed by atoms with Crippen LogP contribution in [0, 0.1) is 0 Å². The zero-order valence-electron chi connectivity index (χ0n) is 8.18. The van der Waals surface area contributed by atoms with E-state index in [4.69, 9.17) is 10.5 Å². The highest BCUT2D eigenvalue weighted by molar-refractivity contribution is 5.82. The van der Waals surface area contributed by atoms with Gasteiger partial charge in [-0.1, -0.05) is 6.92 Å². The Labute approximate surface area is 73.6 Å². The van der Waals surface area contributed by atoms with E-state index < -0.39 is 5.60 Å². The Kier molecular flexibility index (Phi) is 3.80. The van der Waals surface area contributed by atoms with Crippen LogP contribution in [-0.4, -0.2) is 11.6 Å². The molecule has 2 N–H and O–H groups in total. The topological polar surface area (TPSA) is 52.3 Å². The van der Waals surface area contributed by atoms with Crippen LogP contribution < -0.4 is 5.73 Å². The second-order valence-electron chi connectivity index (χ2n) is 3.61. The van der Waals surface area contributed by atoms with Crippen molar-refractivity contribution in [2.24, 2.45) is 5.73 Å². The van der Waals surface area contributed by atoms with Crippen LogP contribution in [0.15, 0.2) is 11.8 Å². The molecule has 0 aromatic rings. The van der Waals surface area contributed by atoms with E-state index in [2.05, 4.69) is 0 Å². The van der Waals surface area contributed by atoms with E-state index in [1.165, 1.54) is 6.08 Å². The van der Waals surface area contributed by atoms with Crippen molar-refractivity contribution >= 4 is 5.97 Å². The largest absolute Gasteiger partial charge is 0.457 e. The third-order valence-electron chi connectivity index (χ3n) is 1.12. The average molecular weight is 171 g/mol. The summed E-state index contributed by atoms with van der Waals surface area (Å²) in [6, 6.07) is 0. The van der Waals surface area contributed by atoms with Gasteiger partial charge in [0.05, 0.1) is 0 Å². The number of nitrogens with two attached hydrogens (primary N) is 1. The Balaban J connectivity index is 4.08. The van der Waals surface area contributed by atoms with Crippen molar-refractivity contribution in [1.29, 1.82) is 0 Å². The van der Waals surface area contributed by atoms with Gasteiger partial charge in [-0.25, -0.2) is 4.79 Å². The molecule has 12 heavy (non-hydrogen) atoms. The molecule has 0 saturated heterocycles. The number of carbonyl (C=O) groups excluding carboxylic acids is 1. The van der Waals surface area contributed by atoms with Crippen molar-refractivity contribution in [2.75, 3.05) is 0 Å². The maximum Gasteiger partial charge on any atom is 0.333 e. The molecule has 0 rings (SSSR count). The van der Waals surface area contributed by atoms with Crippen LogP contribution in [-0.2, 0) is 9.53 Å². The van der Waals surface area contributed by atoms with Crippen LogP contribution in [0.1, 0.15) is 34.1 Å². The summed E-state index contributed by atoms with van der Waals surface area (Å²) < 4.78 is 5.01. The van der Waals surface area contributed by atoms with Gasteiger partial charge >= 0.3 is 5.97 Å². The van der Waals surface area contributed by atoms with Crippen LogP contribution in [0.25, 0.3) is 0 Å². The van der Waals surface area contributed by atoms with E-state index in [-0.39, 0.29) is 5.97 Å². The molecule has 0 bridgehead atoms. The molecule has 0 aliphatic carbocycles. The van der Waals surface area contributed by atoms with Crippen LogP contribution in [0.3, 0.4) is 0 Å². The molecule has 0 fully saturated rings. The first-order valence-corrected chi connectivity index (χ1v) is 4.04. The average Bonchev–Trinajstić information content (AvgIpc) is 1.82. The minimum atomic E-state index is -0.443. The standard InChI is InChI=1S/C9H17NO2/c1-5-7(10)6-8(11)12-9(2,3)4/h6H,5,10H2,1-4H3/b7-6+. The molecule has 0 aromatic carbocycles. The number of hydrogen-bond acceptors (Lipinski definition) is 3. The first kappa shape index (κ1) is 11.0. The van der Waals surface area contributed by atoms with Crippen molar-refractivity contribution in [3.05, 3.63) is 11.8 Å². The van der Waals surface area contributed by atoms with Crippen molar-refractivity contribution in [1.82, 2.24) is 0 Å². The van der Waals surface area contributed by atoms with Gasteiger partial charge in [-0.3, -0.25) is 0 Å². The molecule has 3 nitrogen and oxygen atoms in total. The molecule has 0 aliphatic rings. The molecule has 0 saturated carbocycles. The van der Waals surface area contributed by atoms with E-state index in [1.54, 1.807) is 0 Å². The van der Waals surface area contributed by atoms with Gasteiger partial charge in [0, 0.05) is 11.8 Å². The molecule has 0 spiro atoms. The highest BCUT2D eigenvalue weighted by atomic mass is 16.6. The van der Waals surface area contributed by atoms with Crippen molar-refractivity contribution in [3.63, 3.8) is 0 Å². The summed E-state index contributed by atoms with van der Waals surface area (Å²) in [5.74, 6) is -0.373. The molecular weight excluding hydrogens is 154 g/mol. The highest BCUT2D eigenvalue weighted by Gasteiger charge is 2.14. The predicted molar refractivity (Wildman–Crippen MR) is 48.4 cm³/mol. The van der Waals surface area contributed by atoms with Crippen molar-refractivity contribution in [2.45, 2.75) is 39.7 Å². The number of carbonyl (C=O) groups is 1. The minimum absolute atomic E-state index is 0.373. The Morgan fingerprint density at radius 1 is 1.50 bits per heavy atom. The second kappa shape index (κ2) is 4.14. The van der Waals surface area contributed by atoms with E-state index in [0.29, 0.717) is 12.1 Å². The molecule has 0 aromatic heterocycles. The Hall–Kier alpha value is -0.990. The third kappa shape index (κ3) is 5.77. The zero-order valence-corrected chi connectivity index (χ0v) is 8.18. The molecule has 0 heterocycles. The van der Waals surface area contributed by atoms with Gasteiger partial charge < -0.3 is 10.5 Å². The van der Waals surface area contributed by atoms with E-state index in [1.807, 2.05) is 27.7 Å². The maximum absolute atomic E-state index is 11.0. The van der Waals surface area contributed by atoms with Crippen LogP contribution in [0.2, 0.25) is 0 Å². The van der Waals surface area contributed by atoms with E-state index in [9.17, 15) is 4.79 Å². The minimum Gasteiger partial charge on any atom is -0.457 e. The van der Waals surface area contributed by atoms with Gasteiger partial charge in [0.25, 0.3) is 0 Å². The molecule has 0 radical (unpaired) electrons. The van der Waals surface area contributed by atoms with E-state index in [0.717, 1.165) is 0 Å². The Bertz CT molecular complexity index is 189. The molecule has 0 unspecified atom stereocenters. The lowest BCUT2D eigenvalue weighted by Gasteiger charge is -2.18. The van der Waals surface area contributed by atoms with Gasteiger partial charge in [-0.05, 0) is 27.2 Å². The molecule has 3 heteroatoms. The van der Waals surface area contributed by atoms with Crippen LogP contribution >= 0.6 is 0 Å².